The number of aryl methyl sites for hydroxylation is 1. The molecule has 0 spiro atoms. The number of carbonyl (C=O) groups excluding carboxylic acids is 2. The molecule has 3 rings (SSSR count). The van der Waals surface area contributed by atoms with Gasteiger partial charge in [-0.3, -0.25) is 4.79 Å². The van der Waals surface area contributed by atoms with Crippen molar-refractivity contribution in [2.24, 2.45) is 5.10 Å². The molecule has 1 N–H and O–H groups in total. The van der Waals surface area contributed by atoms with Crippen LogP contribution in [0.4, 0.5) is 0 Å². The van der Waals surface area contributed by atoms with Crippen LogP contribution in [0.15, 0.2) is 77.9 Å². The van der Waals surface area contributed by atoms with E-state index in [0.29, 0.717) is 22.1 Å². The predicted molar refractivity (Wildman–Crippen MR) is 115 cm³/mol. The molecule has 0 heterocycles. The van der Waals surface area contributed by atoms with E-state index in [9.17, 15) is 9.59 Å². The highest BCUT2D eigenvalue weighted by Crippen LogP contribution is 2.21. The maximum atomic E-state index is 12.0. The van der Waals surface area contributed by atoms with E-state index in [1.807, 2.05) is 13.0 Å². The molecule has 30 heavy (non-hydrogen) atoms. The second kappa shape index (κ2) is 10.2. The summed E-state index contributed by atoms with van der Waals surface area (Å²) in [5.74, 6) is 0.171. The molecule has 152 valence electrons. The monoisotopic (exact) mass is 422 g/mol. The van der Waals surface area contributed by atoms with Crippen molar-refractivity contribution in [3.8, 4) is 11.5 Å². The topological polar surface area (TPSA) is 77.0 Å². The van der Waals surface area contributed by atoms with Crippen LogP contribution in [0.2, 0.25) is 5.02 Å². The van der Waals surface area contributed by atoms with Crippen LogP contribution in [0, 0.1) is 6.92 Å². The Morgan fingerprint density at radius 1 is 1.03 bits per heavy atom. The lowest BCUT2D eigenvalue weighted by Crippen LogP contribution is -2.24. The molecule has 0 bridgehead atoms. The van der Waals surface area contributed by atoms with Crippen LogP contribution in [0.1, 0.15) is 21.5 Å². The number of benzene rings is 3. The average Bonchev–Trinajstić information content (AvgIpc) is 2.75. The summed E-state index contributed by atoms with van der Waals surface area (Å²) in [5, 5.41) is 4.50. The third-order valence-corrected chi connectivity index (χ3v) is 4.23. The normalized spacial score (nSPS) is 10.6. The Morgan fingerprint density at radius 2 is 1.77 bits per heavy atom. The summed E-state index contributed by atoms with van der Waals surface area (Å²) in [6.07, 6.45) is 1.48. The average molecular weight is 423 g/mol. The first kappa shape index (κ1) is 21.1. The highest BCUT2D eigenvalue weighted by atomic mass is 35.5. The zero-order valence-electron chi connectivity index (χ0n) is 16.2. The Hall–Kier alpha value is -3.64. The van der Waals surface area contributed by atoms with E-state index >= 15 is 0 Å². The molecular formula is C23H19ClN2O4. The Bertz CT molecular complexity index is 1050. The quantitative estimate of drug-likeness (QED) is 0.265. The van der Waals surface area contributed by atoms with Crippen molar-refractivity contribution in [1.82, 2.24) is 5.43 Å². The second-order valence-electron chi connectivity index (χ2n) is 6.32. The number of rotatable bonds is 7. The van der Waals surface area contributed by atoms with Crippen molar-refractivity contribution in [3.05, 3.63) is 94.5 Å². The van der Waals surface area contributed by atoms with Gasteiger partial charge in [-0.05, 0) is 72.6 Å². The Labute approximate surface area is 179 Å². The molecule has 6 nitrogen and oxygen atoms in total. The first-order valence-corrected chi connectivity index (χ1v) is 9.47. The number of hydrogen-bond acceptors (Lipinski definition) is 5. The van der Waals surface area contributed by atoms with Gasteiger partial charge in [-0.1, -0.05) is 29.8 Å². The van der Waals surface area contributed by atoms with Gasteiger partial charge in [0.25, 0.3) is 5.91 Å². The van der Waals surface area contributed by atoms with Gasteiger partial charge in [0.15, 0.2) is 6.61 Å². The summed E-state index contributed by atoms with van der Waals surface area (Å²) in [4.78, 5) is 23.9. The number of halogens is 1. The molecule has 0 aliphatic heterocycles. The molecule has 0 unspecified atom stereocenters. The van der Waals surface area contributed by atoms with E-state index in [0.717, 1.165) is 11.1 Å². The van der Waals surface area contributed by atoms with E-state index in [1.165, 1.54) is 6.21 Å². The Balaban J connectivity index is 1.46. The third-order valence-electron chi connectivity index (χ3n) is 4.00. The smallest absolute Gasteiger partial charge is 0.343 e. The van der Waals surface area contributed by atoms with E-state index in [4.69, 9.17) is 21.1 Å². The number of hydrazone groups is 1. The molecule has 7 heteroatoms. The number of hydrogen-bond donors (Lipinski definition) is 1. The summed E-state index contributed by atoms with van der Waals surface area (Å²) in [7, 11) is 0. The van der Waals surface area contributed by atoms with Gasteiger partial charge in [0.1, 0.15) is 11.5 Å². The van der Waals surface area contributed by atoms with Crippen LogP contribution in [-0.4, -0.2) is 24.7 Å². The maximum Gasteiger partial charge on any atom is 0.343 e. The van der Waals surface area contributed by atoms with Gasteiger partial charge in [0, 0.05) is 5.02 Å². The number of nitrogens with zero attached hydrogens (tertiary/aromatic N) is 1. The van der Waals surface area contributed by atoms with Gasteiger partial charge in [-0.25, -0.2) is 10.2 Å². The molecular weight excluding hydrogens is 404 g/mol. The summed E-state index contributed by atoms with van der Waals surface area (Å²) < 4.78 is 10.8. The summed E-state index contributed by atoms with van der Waals surface area (Å²) in [6.45, 7) is 1.67. The largest absolute Gasteiger partial charge is 0.483 e. The van der Waals surface area contributed by atoms with E-state index in [2.05, 4.69) is 10.5 Å². The first-order chi connectivity index (χ1) is 14.5. The molecule has 3 aromatic rings. The van der Waals surface area contributed by atoms with Crippen LogP contribution in [0.25, 0.3) is 0 Å². The van der Waals surface area contributed by atoms with Crippen LogP contribution in [-0.2, 0) is 4.79 Å². The molecule has 0 radical (unpaired) electrons. The zero-order valence-corrected chi connectivity index (χ0v) is 16.9. The minimum atomic E-state index is -0.430. The van der Waals surface area contributed by atoms with E-state index in [1.54, 1.807) is 66.7 Å². The zero-order chi connectivity index (χ0) is 21.3. The molecule has 0 aromatic heterocycles. The minimum absolute atomic E-state index is 0.172. The highest BCUT2D eigenvalue weighted by Gasteiger charge is 2.07. The minimum Gasteiger partial charge on any atom is -0.483 e. The molecule has 3 aromatic carbocycles. The number of ether oxygens (including phenoxy) is 2. The number of nitrogens with one attached hydrogen (secondary N) is 1. The van der Waals surface area contributed by atoms with Crippen LogP contribution < -0.4 is 14.9 Å². The highest BCUT2D eigenvalue weighted by molar-refractivity contribution is 6.30. The van der Waals surface area contributed by atoms with Crippen LogP contribution in [0.3, 0.4) is 0 Å². The molecule has 0 fully saturated rings. The number of esters is 1. The third kappa shape index (κ3) is 6.18. The van der Waals surface area contributed by atoms with E-state index < -0.39 is 11.9 Å². The van der Waals surface area contributed by atoms with Crippen molar-refractivity contribution in [2.75, 3.05) is 6.61 Å². The first-order valence-electron chi connectivity index (χ1n) is 9.09. The number of amides is 1. The number of carbonyl (C=O) groups is 2. The second-order valence-corrected chi connectivity index (χ2v) is 6.75. The lowest BCUT2D eigenvalue weighted by atomic mass is 10.2. The molecule has 0 aliphatic rings. The Kier molecular flexibility index (Phi) is 7.19. The van der Waals surface area contributed by atoms with Crippen LogP contribution in [0.5, 0.6) is 11.5 Å². The van der Waals surface area contributed by atoms with Gasteiger partial charge < -0.3 is 9.47 Å². The van der Waals surface area contributed by atoms with E-state index in [-0.39, 0.29) is 6.61 Å². The molecule has 0 saturated heterocycles. The van der Waals surface area contributed by atoms with Crippen molar-refractivity contribution >= 4 is 29.7 Å². The lowest BCUT2D eigenvalue weighted by Gasteiger charge is -2.08. The van der Waals surface area contributed by atoms with Gasteiger partial charge >= 0.3 is 5.97 Å². The summed E-state index contributed by atoms with van der Waals surface area (Å²) in [6, 6.07) is 20.6. The lowest BCUT2D eigenvalue weighted by molar-refractivity contribution is -0.123. The molecule has 0 aliphatic carbocycles. The standard InChI is InChI=1S/C23H19ClN2O4/c1-16-13-19(24)9-12-21(16)29-15-22(27)26-25-14-17-7-10-20(11-8-17)30-23(28)18-5-3-2-4-6-18/h2-14H,15H2,1H3,(H,26,27)/b25-14+. The van der Waals surface area contributed by atoms with Gasteiger partial charge in [0.05, 0.1) is 11.8 Å². The van der Waals surface area contributed by atoms with Crippen LogP contribution >= 0.6 is 11.6 Å². The fourth-order valence-electron chi connectivity index (χ4n) is 2.49. The summed E-state index contributed by atoms with van der Waals surface area (Å²) >= 11 is 5.89. The predicted octanol–water partition coefficient (Wildman–Crippen LogP) is 4.40. The van der Waals surface area contributed by atoms with Crippen molar-refractivity contribution in [1.29, 1.82) is 0 Å². The molecule has 1 amide bonds. The fourth-order valence-corrected chi connectivity index (χ4v) is 2.72. The SMILES string of the molecule is Cc1cc(Cl)ccc1OCC(=O)N/N=C/c1ccc(OC(=O)c2ccccc2)cc1. The van der Waals surface area contributed by atoms with Crippen molar-refractivity contribution in [3.63, 3.8) is 0 Å². The fraction of sp³-hybridized carbons (Fsp3) is 0.0870. The molecule has 0 atom stereocenters. The van der Waals surface area contributed by atoms with Crippen molar-refractivity contribution in [2.45, 2.75) is 6.92 Å². The molecule has 0 saturated carbocycles. The maximum absolute atomic E-state index is 12.0. The van der Waals surface area contributed by atoms with Crippen molar-refractivity contribution < 1.29 is 19.1 Å². The summed E-state index contributed by atoms with van der Waals surface area (Å²) in [5.41, 5.74) is 4.43. The van der Waals surface area contributed by atoms with Gasteiger partial charge in [-0.2, -0.15) is 5.10 Å². The van der Waals surface area contributed by atoms with Gasteiger partial charge in [-0.15, -0.1) is 0 Å². The van der Waals surface area contributed by atoms with Gasteiger partial charge in [0.2, 0.25) is 0 Å². The Morgan fingerprint density at radius 3 is 2.47 bits per heavy atom.